The van der Waals surface area contributed by atoms with Crippen LogP contribution in [0.25, 0.3) is 5.95 Å². The number of hydrogen-bond acceptors (Lipinski definition) is 7. The molecule has 0 fully saturated rings. The number of hydrogen-bond donors (Lipinski definition) is 2. The third-order valence-corrected chi connectivity index (χ3v) is 2.92. The van der Waals surface area contributed by atoms with Gasteiger partial charge in [-0.1, -0.05) is 0 Å². The van der Waals surface area contributed by atoms with E-state index < -0.39 is 0 Å². The van der Waals surface area contributed by atoms with Crippen LogP contribution in [0.15, 0.2) is 18.7 Å². The molecule has 0 unspecified atom stereocenters. The predicted molar refractivity (Wildman–Crippen MR) is 80.7 cm³/mol. The van der Waals surface area contributed by atoms with Crippen molar-refractivity contribution in [1.29, 1.82) is 0 Å². The summed E-state index contributed by atoms with van der Waals surface area (Å²) in [5.74, 6) is 1.53. The molecule has 21 heavy (non-hydrogen) atoms. The van der Waals surface area contributed by atoms with Crippen molar-refractivity contribution < 1.29 is 4.74 Å². The van der Waals surface area contributed by atoms with Gasteiger partial charge >= 0.3 is 0 Å². The molecule has 0 aliphatic carbocycles. The SMILES string of the molecule is CCNc1nc(NCC(C)(C)OC)nc(-n2ccnc2)n1. The normalized spacial score (nSPS) is 11.4. The Hall–Kier alpha value is -2.22. The van der Waals surface area contributed by atoms with E-state index in [-0.39, 0.29) is 5.60 Å². The number of anilines is 2. The quantitative estimate of drug-likeness (QED) is 0.795. The molecule has 2 rings (SSSR count). The lowest BCUT2D eigenvalue weighted by Crippen LogP contribution is -2.32. The fourth-order valence-corrected chi connectivity index (χ4v) is 1.54. The summed E-state index contributed by atoms with van der Waals surface area (Å²) in [5, 5.41) is 6.27. The molecule has 0 spiro atoms. The minimum Gasteiger partial charge on any atom is -0.377 e. The Labute approximate surface area is 124 Å². The largest absolute Gasteiger partial charge is 0.377 e. The van der Waals surface area contributed by atoms with Gasteiger partial charge in [-0.2, -0.15) is 15.0 Å². The molecule has 114 valence electrons. The molecule has 0 radical (unpaired) electrons. The van der Waals surface area contributed by atoms with Crippen molar-refractivity contribution in [1.82, 2.24) is 24.5 Å². The zero-order chi connectivity index (χ0) is 15.3. The topological polar surface area (TPSA) is 89.8 Å². The third-order valence-electron chi connectivity index (χ3n) is 2.92. The van der Waals surface area contributed by atoms with Gasteiger partial charge in [-0.05, 0) is 20.8 Å². The summed E-state index contributed by atoms with van der Waals surface area (Å²) >= 11 is 0. The van der Waals surface area contributed by atoms with Crippen LogP contribution in [0.3, 0.4) is 0 Å². The minimum absolute atomic E-state index is 0.305. The van der Waals surface area contributed by atoms with Crippen molar-refractivity contribution in [3.63, 3.8) is 0 Å². The van der Waals surface area contributed by atoms with E-state index in [1.54, 1.807) is 30.4 Å². The van der Waals surface area contributed by atoms with Crippen LogP contribution in [-0.2, 0) is 4.74 Å². The number of imidazole rings is 1. The third kappa shape index (κ3) is 4.12. The maximum Gasteiger partial charge on any atom is 0.241 e. The lowest BCUT2D eigenvalue weighted by molar-refractivity contribution is 0.0342. The fourth-order valence-electron chi connectivity index (χ4n) is 1.54. The van der Waals surface area contributed by atoms with Crippen LogP contribution >= 0.6 is 0 Å². The smallest absolute Gasteiger partial charge is 0.241 e. The Kier molecular flexibility index (Phi) is 4.69. The maximum absolute atomic E-state index is 5.38. The molecule has 0 saturated heterocycles. The Morgan fingerprint density at radius 1 is 1.19 bits per heavy atom. The first kappa shape index (κ1) is 15.2. The summed E-state index contributed by atoms with van der Waals surface area (Å²) < 4.78 is 7.11. The van der Waals surface area contributed by atoms with Crippen molar-refractivity contribution in [3.05, 3.63) is 18.7 Å². The lowest BCUT2D eigenvalue weighted by Gasteiger charge is -2.23. The highest BCUT2D eigenvalue weighted by atomic mass is 16.5. The molecule has 0 atom stereocenters. The van der Waals surface area contributed by atoms with Gasteiger partial charge < -0.3 is 15.4 Å². The van der Waals surface area contributed by atoms with Crippen LogP contribution in [0.1, 0.15) is 20.8 Å². The van der Waals surface area contributed by atoms with Crippen LogP contribution in [0.4, 0.5) is 11.9 Å². The van der Waals surface area contributed by atoms with Gasteiger partial charge in [0.15, 0.2) is 0 Å². The van der Waals surface area contributed by atoms with Crippen LogP contribution in [0.5, 0.6) is 0 Å². The second-order valence-electron chi connectivity index (χ2n) is 5.10. The summed E-state index contributed by atoms with van der Waals surface area (Å²) in [6.45, 7) is 7.28. The second kappa shape index (κ2) is 6.49. The highest BCUT2D eigenvalue weighted by Gasteiger charge is 2.17. The number of aromatic nitrogens is 5. The molecule has 0 bridgehead atoms. The van der Waals surface area contributed by atoms with Crippen molar-refractivity contribution in [2.75, 3.05) is 30.8 Å². The summed E-state index contributed by atoms with van der Waals surface area (Å²) in [4.78, 5) is 17.1. The van der Waals surface area contributed by atoms with Gasteiger partial charge in [-0.15, -0.1) is 0 Å². The number of nitrogens with one attached hydrogen (secondary N) is 2. The molecule has 8 nitrogen and oxygen atoms in total. The monoisotopic (exact) mass is 291 g/mol. The molecular weight excluding hydrogens is 270 g/mol. The first-order chi connectivity index (χ1) is 10.0. The Bertz CT molecular complexity index is 568. The van der Waals surface area contributed by atoms with Crippen molar-refractivity contribution in [3.8, 4) is 5.95 Å². The minimum atomic E-state index is -0.305. The first-order valence-corrected chi connectivity index (χ1v) is 6.81. The van der Waals surface area contributed by atoms with Gasteiger partial charge in [0.2, 0.25) is 17.8 Å². The zero-order valence-electron chi connectivity index (χ0n) is 12.8. The van der Waals surface area contributed by atoms with Crippen molar-refractivity contribution in [2.24, 2.45) is 0 Å². The van der Waals surface area contributed by atoms with E-state index in [0.29, 0.717) is 24.4 Å². The van der Waals surface area contributed by atoms with Gasteiger partial charge in [0.05, 0.1) is 5.60 Å². The van der Waals surface area contributed by atoms with Crippen molar-refractivity contribution in [2.45, 2.75) is 26.4 Å². The Morgan fingerprint density at radius 2 is 1.90 bits per heavy atom. The van der Waals surface area contributed by atoms with Crippen LogP contribution in [0.2, 0.25) is 0 Å². The van der Waals surface area contributed by atoms with Crippen LogP contribution in [0, 0.1) is 0 Å². The van der Waals surface area contributed by atoms with E-state index in [0.717, 1.165) is 6.54 Å². The van der Waals surface area contributed by atoms with E-state index in [9.17, 15) is 0 Å². The molecule has 2 heterocycles. The van der Waals surface area contributed by atoms with Crippen LogP contribution < -0.4 is 10.6 Å². The average Bonchev–Trinajstić information content (AvgIpc) is 3.00. The summed E-state index contributed by atoms with van der Waals surface area (Å²) in [5.41, 5.74) is -0.305. The van der Waals surface area contributed by atoms with Gasteiger partial charge in [0.25, 0.3) is 0 Å². The predicted octanol–water partition coefficient (Wildman–Crippen LogP) is 1.33. The molecule has 0 saturated carbocycles. The molecule has 0 aromatic carbocycles. The van der Waals surface area contributed by atoms with E-state index in [1.165, 1.54) is 0 Å². The molecule has 2 aromatic rings. The number of rotatable bonds is 7. The maximum atomic E-state index is 5.38. The summed E-state index contributed by atoms with van der Waals surface area (Å²) in [6, 6.07) is 0. The van der Waals surface area contributed by atoms with Gasteiger partial charge in [-0.25, -0.2) is 4.98 Å². The second-order valence-corrected chi connectivity index (χ2v) is 5.10. The molecule has 2 aromatic heterocycles. The lowest BCUT2D eigenvalue weighted by atomic mass is 10.1. The van der Waals surface area contributed by atoms with Gasteiger partial charge in [-0.3, -0.25) is 4.57 Å². The molecule has 0 aliphatic rings. The highest BCUT2D eigenvalue weighted by Crippen LogP contribution is 2.12. The summed E-state index contributed by atoms with van der Waals surface area (Å²) in [7, 11) is 1.68. The standard InChI is InChI=1S/C13H21N7O/c1-5-15-10-17-11(16-8-13(2,3)21-4)19-12(18-10)20-7-6-14-9-20/h6-7,9H,5,8H2,1-4H3,(H2,15,16,17,18,19). The van der Waals surface area contributed by atoms with Gasteiger partial charge in [0, 0.05) is 32.6 Å². The fraction of sp³-hybridized carbons (Fsp3) is 0.538. The van der Waals surface area contributed by atoms with E-state index >= 15 is 0 Å². The molecular formula is C13H21N7O. The number of methoxy groups -OCH3 is 1. The molecule has 8 heteroatoms. The highest BCUT2D eigenvalue weighted by molar-refractivity contribution is 5.38. The van der Waals surface area contributed by atoms with Crippen molar-refractivity contribution >= 4 is 11.9 Å². The van der Waals surface area contributed by atoms with E-state index in [1.807, 2.05) is 20.8 Å². The number of nitrogens with zero attached hydrogens (tertiary/aromatic N) is 5. The Balaban J connectivity index is 2.24. The van der Waals surface area contributed by atoms with Crippen LogP contribution in [-0.4, -0.2) is 50.3 Å². The first-order valence-electron chi connectivity index (χ1n) is 6.81. The summed E-state index contributed by atoms with van der Waals surface area (Å²) in [6.07, 6.45) is 5.11. The van der Waals surface area contributed by atoms with E-state index in [4.69, 9.17) is 4.74 Å². The molecule has 0 amide bonds. The Morgan fingerprint density at radius 3 is 2.48 bits per heavy atom. The molecule has 0 aliphatic heterocycles. The molecule has 2 N–H and O–H groups in total. The average molecular weight is 291 g/mol. The van der Waals surface area contributed by atoms with E-state index in [2.05, 4.69) is 30.6 Å². The van der Waals surface area contributed by atoms with Gasteiger partial charge in [0.1, 0.15) is 6.33 Å². The number of ether oxygens (including phenoxy) is 1. The zero-order valence-corrected chi connectivity index (χ0v) is 12.8.